The minimum absolute atomic E-state index is 0.0352. The van der Waals surface area contributed by atoms with Gasteiger partial charge in [0.25, 0.3) is 5.91 Å². The Labute approximate surface area is 147 Å². The number of benzene rings is 1. The van der Waals surface area contributed by atoms with Crippen LogP contribution in [0.25, 0.3) is 11.4 Å². The van der Waals surface area contributed by atoms with Crippen LogP contribution in [0.4, 0.5) is 14.5 Å². The van der Waals surface area contributed by atoms with Crippen molar-refractivity contribution in [3.8, 4) is 17.1 Å². The van der Waals surface area contributed by atoms with Crippen LogP contribution in [0.15, 0.2) is 42.9 Å². The summed E-state index contributed by atoms with van der Waals surface area (Å²) in [4.78, 5) is 20.3. The third-order valence-electron chi connectivity index (χ3n) is 4.41. The molecule has 1 aromatic carbocycles. The second-order valence-corrected chi connectivity index (χ2v) is 6.12. The van der Waals surface area contributed by atoms with Gasteiger partial charge >= 0.3 is 6.61 Å². The highest BCUT2D eigenvalue weighted by molar-refractivity contribution is 6.08. The van der Waals surface area contributed by atoms with Gasteiger partial charge in [-0.1, -0.05) is 0 Å². The summed E-state index contributed by atoms with van der Waals surface area (Å²) in [6, 6.07) is 6.04. The quantitative estimate of drug-likeness (QED) is 0.744. The van der Waals surface area contributed by atoms with Crippen LogP contribution < -0.4 is 10.1 Å². The fourth-order valence-corrected chi connectivity index (χ4v) is 3.24. The van der Waals surface area contributed by atoms with E-state index in [0.717, 1.165) is 23.5 Å². The molecule has 1 atom stereocenters. The molecular formula is C18H16F2N4O2. The number of nitrogens with zero attached hydrogens (tertiary/aromatic N) is 2. The van der Waals surface area contributed by atoms with Gasteiger partial charge in [-0.15, -0.1) is 0 Å². The highest BCUT2D eigenvalue weighted by Crippen LogP contribution is 2.35. The van der Waals surface area contributed by atoms with E-state index in [0.29, 0.717) is 11.3 Å². The number of amides is 1. The van der Waals surface area contributed by atoms with Gasteiger partial charge in [-0.25, -0.2) is 4.98 Å². The van der Waals surface area contributed by atoms with Crippen molar-refractivity contribution in [2.45, 2.75) is 26.0 Å². The lowest BCUT2D eigenvalue weighted by Crippen LogP contribution is -2.18. The molecule has 0 aliphatic carbocycles. The molecule has 2 aromatic heterocycles. The third-order valence-corrected chi connectivity index (χ3v) is 4.41. The molecule has 0 fully saturated rings. The van der Waals surface area contributed by atoms with Crippen molar-refractivity contribution in [1.82, 2.24) is 14.5 Å². The number of halogens is 2. The zero-order chi connectivity index (χ0) is 18.3. The minimum Gasteiger partial charge on any atom is -0.435 e. The lowest BCUT2D eigenvalue weighted by molar-refractivity contribution is -0.0498. The number of nitrogens with one attached hydrogen (secondary N) is 2. The van der Waals surface area contributed by atoms with Gasteiger partial charge in [0.15, 0.2) is 0 Å². The van der Waals surface area contributed by atoms with E-state index in [2.05, 4.69) is 26.9 Å². The first-order valence-electron chi connectivity index (χ1n) is 8.12. The molecule has 1 aliphatic heterocycles. The number of aromatic nitrogens is 3. The van der Waals surface area contributed by atoms with E-state index < -0.39 is 6.61 Å². The van der Waals surface area contributed by atoms with E-state index in [9.17, 15) is 13.6 Å². The van der Waals surface area contributed by atoms with Gasteiger partial charge in [0.1, 0.15) is 11.6 Å². The number of fused-ring (bicyclic) bond motifs is 3. The molecule has 26 heavy (non-hydrogen) atoms. The van der Waals surface area contributed by atoms with E-state index in [1.54, 1.807) is 12.4 Å². The number of carbonyl (C=O) groups excluding carboxylic acids is 1. The topological polar surface area (TPSA) is 71.9 Å². The molecule has 0 radical (unpaired) electrons. The van der Waals surface area contributed by atoms with Gasteiger partial charge in [-0.05, 0) is 31.2 Å². The molecule has 0 saturated heterocycles. The van der Waals surface area contributed by atoms with Crippen LogP contribution in [-0.4, -0.2) is 27.1 Å². The number of alkyl halides is 2. The average Bonchev–Trinajstić information content (AvgIpc) is 3.22. The van der Waals surface area contributed by atoms with Gasteiger partial charge in [0.05, 0.1) is 11.1 Å². The molecule has 4 rings (SSSR count). The van der Waals surface area contributed by atoms with Crippen molar-refractivity contribution < 1.29 is 18.3 Å². The summed E-state index contributed by atoms with van der Waals surface area (Å²) in [7, 11) is 0. The molecule has 0 saturated carbocycles. The molecule has 3 aromatic rings. The predicted molar refractivity (Wildman–Crippen MR) is 91.5 cm³/mol. The maximum Gasteiger partial charge on any atom is 0.387 e. The summed E-state index contributed by atoms with van der Waals surface area (Å²) in [6.45, 7) is -0.787. The van der Waals surface area contributed by atoms with Crippen LogP contribution in [0.2, 0.25) is 0 Å². The van der Waals surface area contributed by atoms with Crippen LogP contribution in [0.5, 0.6) is 5.75 Å². The fraction of sp³-hybridized carbons (Fsp3) is 0.222. The van der Waals surface area contributed by atoms with Gasteiger partial charge in [0, 0.05) is 42.4 Å². The van der Waals surface area contributed by atoms with Gasteiger partial charge in [0.2, 0.25) is 0 Å². The Morgan fingerprint density at radius 1 is 1.38 bits per heavy atom. The molecule has 0 unspecified atom stereocenters. The largest absolute Gasteiger partial charge is 0.435 e. The van der Waals surface area contributed by atoms with Crippen molar-refractivity contribution in [2.75, 3.05) is 5.32 Å². The van der Waals surface area contributed by atoms with Gasteiger partial charge in [-0.3, -0.25) is 4.79 Å². The molecular weight excluding hydrogens is 342 g/mol. The number of hydrogen-bond acceptors (Lipinski definition) is 3. The number of ether oxygens (including phenoxy) is 1. The van der Waals surface area contributed by atoms with Crippen LogP contribution in [0.1, 0.15) is 29.0 Å². The van der Waals surface area contributed by atoms with Gasteiger partial charge in [-0.2, -0.15) is 8.78 Å². The molecule has 1 amide bonds. The number of H-pyrrole nitrogens is 1. The smallest absolute Gasteiger partial charge is 0.387 e. The minimum atomic E-state index is -2.88. The summed E-state index contributed by atoms with van der Waals surface area (Å²) < 4.78 is 30.7. The molecule has 2 N–H and O–H groups in total. The van der Waals surface area contributed by atoms with E-state index in [1.807, 2.05) is 10.8 Å². The van der Waals surface area contributed by atoms with Crippen LogP contribution in [0.3, 0.4) is 0 Å². The molecule has 3 heterocycles. The van der Waals surface area contributed by atoms with E-state index >= 15 is 0 Å². The number of anilines is 1. The second-order valence-electron chi connectivity index (χ2n) is 6.12. The van der Waals surface area contributed by atoms with Crippen molar-refractivity contribution in [1.29, 1.82) is 0 Å². The lowest BCUT2D eigenvalue weighted by Gasteiger charge is -2.22. The fourth-order valence-electron chi connectivity index (χ4n) is 3.24. The van der Waals surface area contributed by atoms with E-state index in [4.69, 9.17) is 0 Å². The Balaban J connectivity index is 1.58. The summed E-state index contributed by atoms with van der Waals surface area (Å²) in [5.41, 5.74) is 2.75. The Morgan fingerprint density at radius 3 is 2.88 bits per heavy atom. The van der Waals surface area contributed by atoms with E-state index in [1.165, 1.54) is 24.3 Å². The molecule has 0 bridgehead atoms. The Hall–Kier alpha value is -3.16. The Kier molecular flexibility index (Phi) is 3.95. The monoisotopic (exact) mass is 358 g/mol. The van der Waals surface area contributed by atoms with E-state index in [-0.39, 0.29) is 17.7 Å². The first-order chi connectivity index (χ1) is 12.5. The Morgan fingerprint density at radius 2 is 2.15 bits per heavy atom. The normalized spacial score (nSPS) is 15.5. The highest BCUT2D eigenvalue weighted by atomic mass is 19.3. The number of imidazole rings is 1. The molecule has 1 aliphatic rings. The number of hydrogen-bond donors (Lipinski definition) is 2. The maximum absolute atomic E-state index is 12.7. The summed E-state index contributed by atoms with van der Waals surface area (Å²) in [5.74, 6) is 0.494. The average molecular weight is 358 g/mol. The molecule has 8 heteroatoms. The lowest BCUT2D eigenvalue weighted by atomic mass is 10.0. The number of rotatable bonds is 4. The standard InChI is InChI=1S/C18H16F2N4O2/c1-10-8-14-15(16-21-6-7-24(10)16)13(9-22-14)17(25)23-11-2-4-12(5-3-11)26-18(19)20/h2-7,9-10,18,22H,8H2,1H3,(H,23,25)/t10-/m1/s1. The first kappa shape index (κ1) is 16.3. The van der Waals surface area contributed by atoms with Crippen LogP contribution >= 0.6 is 0 Å². The second kappa shape index (κ2) is 6.29. The highest BCUT2D eigenvalue weighted by Gasteiger charge is 2.28. The number of aromatic amines is 1. The third kappa shape index (κ3) is 2.83. The molecule has 0 spiro atoms. The summed E-state index contributed by atoms with van der Waals surface area (Å²) >= 11 is 0. The SMILES string of the molecule is C[C@@H]1Cc2[nH]cc(C(=O)Nc3ccc(OC(F)F)cc3)c2-c2nccn21. The van der Waals surface area contributed by atoms with Crippen molar-refractivity contribution >= 4 is 11.6 Å². The Bertz CT molecular complexity index is 947. The van der Waals surface area contributed by atoms with Crippen LogP contribution in [0, 0.1) is 0 Å². The van der Waals surface area contributed by atoms with Gasteiger partial charge < -0.3 is 19.6 Å². The zero-order valence-electron chi connectivity index (χ0n) is 13.9. The summed E-state index contributed by atoms with van der Waals surface area (Å²) in [6.07, 6.45) is 6.08. The molecule has 6 nitrogen and oxygen atoms in total. The van der Waals surface area contributed by atoms with Crippen molar-refractivity contribution in [3.05, 3.63) is 54.1 Å². The van der Waals surface area contributed by atoms with Crippen LogP contribution in [-0.2, 0) is 6.42 Å². The zero-order valence-corrected chi connectivity index (χ0v) is 13.9. The number of carbonyl (C=O) groups is 1. The maximum atomic E-state index is 12.7. The van der Waals surface area contributed by atoms with Crippen molar-refractivity contribution in [2.24, 2.45) is 0 Å². The first-order valence-corrected chi connectivity index (χ1v) is 8.12. The van der Waals surface area contributed by atoms with Crippen molar-refractivity contribution in [3.63, 3.8) is 0 Å². The molecule has 134 valence electrons. The summed E-state index contributed by atoms with van der Waals surface area (Å²) in [5, 5.41) is 2.77. The predicted octanol–water partition coefficient (Wildman–Crippen LogP) is 3.85.